The van der Waals surface area contributed by atoms with Crippen molar-refractivity contribution in [2.75, 3.05) is 24.7 Å². The minimum Gasteiger partial charge on any atom is -0.414 e. The monoisotopic (exact) mass is 890 g/mol. The minimum atomic E-state index is -2.71. The Morgan fingerprint density at radius 1 is 0.828 bits per heavy atom. The summed E-state index contributed by atoms with van der Waals surface area (Å²) in [5, 5.41) is 15.0. The molecule has 2 aromatic rings. The van der Waals surface area contributed by atoms with Crippen LogP contribution >= 0.6 is 23.5 Å². The van der Waals surface area contributed by atoms with Gasteiger partial charge in [-0.2, -0.15) is 0 Å². The lowest BCUT2D eigenvalue weighted by Crippen LogP contribution is -2.66. The van der Waals surface area contributed by atoms with Crippen LogP contribution in [0.4, 0.5) is 0 Å². The molecule has 330 valence electrons. The average Bonchev–Trinajstić information content (AvgIpc) is 3.48. The second-order valence-corrected chi connectivity index (χ2v) is 37.5. The van der Waals surface area contributed by atoms with Crippen LogP contribution in [0.25, 0.3) is 0 Å². The van der Waals surface area contributed by atoms with Gasteiger partial charge in [0.1, 0.15) is 0 Å². The van der Waals surface area contributed by atoms with E-state index in [-0.39, 0.29) is 26.4 Å². The molecule has 6 nitrogen and oxygen atoms in total. The number of aliphatic hydroxyl groups is 1. The van der Waals surface area contributed by atoms with Crippen LogP contribution < -0.4 is 10.4 Å². The predicted molar refractivity (Wildman–Crippen MR) is 259 cm³/mol. The first-order valence-corrected chi connectivity index (χ1v) is 31.7. The number of rotatable bonds is 21. The Balaban J connectivity index is 1.64. The molecule has 2 aliphatic rings. The van der Waals surface area contributed by atoms with Crippen LogP contribution in [0.5, 0.6) is 0 Å². The van der Waals surface area contributed by atoms with Crippen molar-refractivity contribution in [3.8, 4) is 0 Å². The molecule has 0 aromatic heterocycles. The van der Waals surface area contributed by atoms with Crippen LogP contribution in [-0.4, -0.2) is 88.6 Å². The molecular weight excluding hydrogens is 809 g/mol. The number of benzene rings is 2. The molecule has 2 fully saturated rings. The maximum atomic E-state index is 12.4. The molecule has 0 bridgehead atoms. The van der Waals surface area contributed by atoms with Crippen LogP contribution in [0.2, 0.25) is 41.3 Å². The third-order valence-corrected chi connectivity index (χ3v) is 31.0. The maximum Gasteiger partial charge on any atom is 0.261 e. The largest absolute Gasteiger partial charge is 0.414 e. The molecule has 0 saturated carbocycles. The molecule has 0 amide bonds. The fraction of sp³-hybridized carbons (Fsp3) is 0.745. The molecule has 0 spiro atoms. The Morgan fingerprint density at radius 3 is 1.81 bits per heavy atom. The predicted octanol–water partition coefficient (Wildman–Crippen LogP) is 11.8. The second-order valence-electron chi connectivity index (χ2n) is 20.5. The lowest BCUT2D eigenvalue weighted by Gasteiger charge is -2.49. The van der Waals surface area contributed by atoms with Crippen LogP contribution in [-0.2, 0) is 22.8 Å². The van der Waals surface area contributed by atoms with Gasteiger partial charge in [0.15, 0.2) is 22.4 Å². The van der Waals surface area contributed by atoms with Gasteiger partial charge in [-0.25, -0.2) is 0 Å². The van der Waals surface area contributed by atoms with E-state index in [2.05, 4.69) is 143 Å². The van der Waals surface area contributed by atoms with Crippen LogP contribution in [0.3, 0.4) is 0 Å². The highest BCUT2D eigenvalue weighted by molar-refractivity contribution is 8.18. The summed E-state index contributed by atoms with van der Waals surface area (Å²) in [5.74, 6) is 1.60. The van der Waals surface area contributed by atoms with Gasteiger partial charge in [0.05, 0.1) is 28.5 Å². The lowest BCUT2D eigenvalue weighted by molar-refractivity contribution is -0.144. The molecule has 2 saturated heterocycles. The van der Waals surface area contributed by atoms with E-state index >= 15 is 0 Å². The first kappa shape index (κ1) is 50.2. The molecule has 1 N–H and O–H groups in total. The molecule has 0 radical (unpaired) electrons. The summed E-state index contributed by atoms with van der Waals surface area (Å²) < 4.78 is 34.6. The lowest BCUT2D eigenvalue weighted by atomic mass is 9.90. The fourth-order valence-electron chi connectivity index (χ4n) is 9.17. The van der Waals surface area contributed by atoms with Crippen LogP contribution in [0.15, 0.2) is 60.7 Å². The van der Waals surface area contributed by atoms with Crippen LogP contribution in [0.1, 0.15) is 122 Å². The maximum absolute atomic E-state index is 12.4. The number of hydrogen-bond acceptors (Lipinski definition) is 8. The Morgan fingerprint density at radius 2 is 1.36 bits per heavy atom. The van der Waals surface area contributed by atoms with E-state index in [9.17, 15) is 5.11 Å². The summed E-state index contributed by atoms with van der Waals surface area (Å²) in [4.78, 5) is 0. The number of thioether (sulfide) groups is 2. The summed E-state index contributed by atoms with van der Waals surface area (Å²) in [5.41, 5.74) is -0.442. The summed E-state index contributed by atoms with van der Waals surface area (Å²) >= 11 is 4.09. The molecule has 4 rings (SSSR count). The van der Waals surface area contributed by atoms with Crippen molar-refractivity contribution >= 4 is 58.8 Å². The van der Waals surface area contributed by atoms with E-state index in [1.54, 1.807) is 0 Å². The highest BCUT2D eigenvalue weighted by Crippen LogP contribution is 2.54. The van der Waals surface area contributed by atoms with Gasteiger partial charge in [0.25, 0.3) is 8.32 Å². The normalized spacial score (nSPS) is 21.4. The molecule has 11 heteroatoms. The van der Waals surface area contributed by atoms with E-state index in [0.29, 0.717) is 26.1 Å². The SMILES string of the molecule is CC[Si](CC)(CC)O[C@@H](CCO[Si](c1ccccc1)(c1ccccc1)C(C)(C)C)C[C@H](O)CC1(C[C@](C)(C[C@@H]2COC(C)(C)O2)O[Si](C)(C)C(C)(C)C)SCCCS1. The topological polar surface area (TPSA) is 66.4 Å². The van der Waals surface area contributed by atoms with Gasteiger partial charge < -0.3 is 27.9 Å². The average molecular weight is 892 g/mol. The van der Waals surface area contributed by atoms with Crippen molar-refractivity contribution in [1.29, 1.82) is 0 Å². The minimum absolute atomic E-state index is 0.0335. The van der Waals surface area contributed by atoms with Gasteiger partial charge in [-0.1, -0.05) is 123 Å². The van der Waals surface area contributed by atoms with Gasteiger partial charge in [-0.05, 0) is 116 Å². The number of aliphatic hydroxyl groups excluding tert-OH is 1. The summed E-state index contributed by atoms with van der Waals surface area (Å²) in [6, 6.07) is 25.1. The van der Waals surface area contributed by atoms with Gasteiger partial charge in [-0.15, -0.1) is 23.5 Å². The van der Waals surface area contributed by atoms with E-state index in [0.717, 1.165) is 48.9 Å². The first-order chi connectivity index (χ1) is 27.0. The zero-order chi connectivity index (χ0) is 43.1. The van der Waals surface area contributed by atoms with Crippen molar-refractivity contribution in [1.82, 2.24) is 0 Å². The molecule has 2 aromatic carbocycles. The van der Waals surface area contributed by atoms with E-state index in [1.807, 2.05) is 37.4 Å². The molecule has 2 aliphatic heterocycles. The fourth-order valence-corrected chi connectivity index (χ4v) is 22.1. The van der Waals surface area contributed by atoms with E-state index < -0.39 is 42.4 Å². The van der Waals surface area contributed by atoms with Crippen molar-refractivity contribution in [3.63, 3.8) is 0 Å². The zero-order valence-electron chi connectivity index (χ0n) is 39.0. The summed E-state index contributed by atoms with van der Waals surface area (Å²) in [7, 11) is -6.88. The van der Waals surface area contributed by atoms with E-state index in [1.165, 1.54) is 16.8 Å². The van der Waals surface area contributed by atoms with Gasteiger partial charge in [0.2, 0.25) is 0 Å². The van der Waals surface area contributed by atoms with Crippen molar-refractivity contribution in [2.45, 2.75) is 197 Å². The zero-order valence-corrected chi connectivity index (χ0v) is 43.6. The Labute approximate surface area is 366 Å². The molecule has 2 heterocycles. The summed E-state index contributed by atoms with van der Waals surface area (Å²) in [6.07, 6.45) is 4.22. The molecule has 4 atom stereocenters. The molecule has 0 aliphatic carbocycles. The third kappa shape index (κ3) is 12.8. The Bertz CT molecular complexity index is 1470. The highest BCUT2D eigenvalue weighted by Gasteiger charge is 2.52. The Kier molecular flexibility index (Phi) is 17.6. The highest BCUT2D eigenvalue weighted by atomic mass is 32.2. The summed E-state index contributed by atoms with van der Waals surface area (Å²) in [6.45, 7) is 33.1. The Hall–Kier alpha value is -0.449. The number of ether oxygens (including phenoxy) is 2. The third-order valence-electron chi connectivity index (χ3n) is 13.3. The van der Waals surface area contributed by atoms with Crippen molar-refractivity contribution < 1.29 is 27.9 Å². The first-order valence-electron chi connectivity index (χ1n) is 22.4. The smallest absolute Gasteiger partial charge is 0.261 e. The number of hydrogen-bond donors (Lipinski definition) is 1. The van der Waals surface area contributed by atoms with Gasteiger partial charge in [0, 0.05) is 19.1 Å². The second kappa shape index (κ2) is 20.4. The molecular formula is C47H82O6S2Si3. The standard InChI is InChI=1S/C47H82O6S2Si3/c1-15-57(16-2,17-3)52-39(29-30-50-58(44(7,8)9,41-25-20-18-21-26-41)42-27-22-19-23-28-42)33-38(48)34-47(54-31-24-32-55-47)37-46(12,53-56(13,14)43(4,5)6)35-40-36-49-45(10,11)51-40/h18-23,25-28,38-40,48H,15-17,24,29-37H2,1-14H3/t38-,39-,40+,46-/m0/s1. The van der Waals surface area contributed by atoms with Crippen LogP contribution in [0, 0.1) is 0 Å². The quantitative estimate of drug-likeness (QED) is 0.124. The van der Waals surface area contributed by atoms with Crippen molar-refractivity contribution in [3.05, 3.63) is 60.7 Å². The van der Waals surface area contributed by atoms with Gasteiger partial charge in [-0.3, -0.25) is 0 Å². The van der Waals surface area contributed by atoms with Gasteiger partial charge >= 0.3 is 0 Å². The van der Waals surface area contributed by atoms with E-state index in [4.69, 9.17) is 22.8 Å². The molecule has 0 unspecified atom stereocenters. The van der Waals surface area contributed by atoms with Crippen molar-refractivity contribution in [2.24, 2.45) is 0 Å². The molecule has 58 heavy (non-hydrogen) atoms.